The molecule has 0 aliphatic heterocycles. The fraction of sp³-hybridized carbons (Fsp3) is 0.0909. The van der Waals surface area contributed by atoms with Crippen molar-refractivity contribution in [2.75, 3.05) is 0 Å². The summed E-state index contributed by atoms with van der Waals surface area (Å²) in [5.41, 5.74) is 5.51. The molecule has 0 fully saturated rings. The van der Waals surface area contributed by atoms with E-state index < -0.39 is 5.82 Å². The first-order valence-electron chi connectivity index (χ1n) is 4.87. The number of aromatic nitrogens is 2. The van der Waals surface area contributed by atoms with E-state index in [2.05, 4.69) is 4.98 Å². The second-order valence-corrected chi connectivity index (χ2v) is 4.46. The highest BCUT2D eigenvalue weighted by Gasteiger charge is 2.13. The fourth-order valence-corrected chi connectivity index (χ4v) is 2.37. The number of halogens is 1. The third-order valence-corrected chi connectivity index (χ3v) is 3.36. The maximum absolute atomic E-state index is 13.6. The molecule has 17 heavy (non-hydrogen) atoms. The van der Waals surface area contributed by atoms with Gasteiger partial charge in [0.1, 0.15) is 11.7 Å². The van der Waals surface area contributed by atoms with Crippen LogP contribution in [0, 0.1) is 11.2 Å². The summed E-state index contributed by atoms with van der Waals surface area (Å²) in [5, 5.41) is 8.12. The standard InChI is InChI=1S/C11H11FN4S/c1-16-6-5-15-11(16)17-8-4-2-3-7(12)9(8)10(13)14/h2-6H,1H3,(H3,13,14). The van der Waals surface area contributed by atoms with Gasteiger partial charge in [-0.1, -0.05) is 17.8 Å². The zero-order valence-electron chi connectivity index (χ0n) is 9.14. The Kier molecular flexibility index (Phi) is 3.14. The van der Waals surface area contributed by atoms with Crippen LogP contribution in [-0.4, -0.2) is 15.4 Å². The van der Waals surface area contributed by atoms with Gasteiger partial charge in [0.15, 0.2) is 5.16 Å². The van der Waals surface area contributed by atoms with Crippen molar-refractivity contribution in [3.63, 3.8) is 0 Å². The lowest BCUT2D eigenvalue weighted by atomic mass is 10.2. The van der Waals surface area contributed by atoms with Crippen molar-refractivity contribution in [1.82, 2.24) is 9.55 Å². The Bertz CT molecular complexity index is 564. The molecule has 0 amide bonds. The number of nitrogens with two attached hydrogens (primary N) is 1. The van der Waals surface area contributed by atoms with Crippen LogP contribution in [0.15, 0.2) is 40.6 Å². The highest BCUT2D eigenvalue weighted by molar-refractivity contribution is 7.99. The molecule has 0 bridgehead atoms. The molecular weight excluding hydrogens is 239 g/mol. The summed E-state index contributed by atoms with van der Waals surface area (Å²) < 4.78 is 15.4. The van der Waals surface area contributed by atoms with E-state index in [0.29, 0.717) is 4.90 Å². The van der Waals surface area contributed by atoms with Gasteiger partial charge in [-0.3, -0.25) is 5.41 Å². The number of nitrogens with one attached hydrogen (secondary N) is 1. The molecule has 4 nitrogen and oxygen atoms in total. The van der Waals surface area contributed by atoms with Gasteiger partial charge in [-0.05, 0) is 12.1 Å². The topological polar surface area (TPSA) is 67.7 Å². The normalized spacial score (nSPS) is 10.5. The van der Waals surface area contributed by atoms with Gasteiger partial charge in [-0.25, -0.2) is 9.37 Å². The van der Waals surface area contributed by atoms with Crippen LogP contribution < -0.4 is 5.73 Å². The molecule has 0 radical (unpaired) electrons. The minimum atomic E-state index is -0.489. The summed E-state index contributed by atoms with van der Waals surface area (Å²) in [5.74, 6) is -0.767. The minimum absolute atomic E-state index is 0.125. The number of aryl methyl sites for hydroxylation is 1. The molecule has 2 aromatic rings. The van der Waals surface area contributed by atoms with E-state index in [4.69, 9.17) is 11.1 Å². The van der Waals surface area contributed by atoms with Gasteiger partial charge in [0, 0.05) is 24.3 Å². The maximum atomic E-state index is 13.6. The van der Waals surface area contributed by atoms with E-state index in [1.165, 1.54) is 17.8 Å². The van der Waals surface area contributed by atoms with Gasteiger partial charge in [-0.2, -0.15) is 0 Å². The van der Waals surface area contributed by atoms with Crippen molar-refractivity contribution in [1.29, 1.82) is 5.41 Å². The number of amidine groups is 1. The zero-order chi connectivity index (χ0) is 12.4. The highest BCUT2D eigenvalue weighted by atomic mass is 32.2. The van der Waals surface area contributed by atoms with Gasteiger partial charge in [0.05, 0.1) is 5.56 Å². The van der Waals surface area contributed by atoms with Gasteiger partial charge in [0.2, 0.25) is 0 Å². The molecule has 0 aliphatic rings. The van der Waals surface area contributed by atoms with E-state index in [0.717, 1.165) is 5.16 Å². The Morgan fingerprint density at radius 2 is 2.29 bits per heavy atom. The lowest BCUT2D eigenvalue weighted by molar-refractivity contribution is 0.620. The summed E-state index contributed by atoms with van der Waals surface area (Å²) >= 11 is 1.28. The number of hydrogen-bond donors (Lipinski definition) is 2. The first-order valence-corrected chi connectivity index (χ1v) is 5.69. The van der Waals surface area contributed by atoms with Crippen LogP contribution in [0.25, 0.3) is 0 Å². The van der Waals surface area contributed by atoms with Crippen LogP contribution in [0.5, 0.6) is 0 Å². The molecule has 1 aromatic heterocycles. The Hall–Kier alpha value is -1.82. The van der Waals surface area contributed by atoms with Crippen molar-refractivity contribution in [3.05, 3.63) is 42.0 Å². The van der Waals surface area contributed by atoms with Crippen molar-refractivity contribution in [2.24, 2.45) is 12.8 Å². The number of imidazole rings is 1. The molecule has 2 rings (SSSR count). The zero-order valence-corrected chi connectivity index (χ0v) is 9.96. The molecule has 88 valence electrons. The maximum Gasteiger partial charge on any atom is 0.172 e. The second-order valence-electron chi connectivity index (χ2n) is 3.45. The molecule has 0 spiro atoms. The first kappa shape index (κ1) is 11.7. The lowest BCUT2D eigenvalue weighted by Crippen LogP contribution is -2.14. The lowest BCUT2D eigenvalue weighted by Gasteiger charge is -2.08. The van der Waals surface area contributed by atoms with Gasteiger partial charge in [0.25, 0.3) is 0 Å². The van der Waals surface area contributed by atoms with E-state index >= 15 is 0 Å². The predicted molar refractivity (Wildman–Crippen MR) is 64.7 cm³/mol. The molecule has 0 aliphatic carbocycles. The van der Waals surface area contributed by atoms with Gasteiger partial charge < -0.3 is 10.3 Å². The average molecular weight is 250 g/mol. The third kappa shape index (κ3) is 2.31. The Morgan fingerprint density at radius 1 is 1.53 bits per heavy atom. The molecule has 1 heterocycles. The van der Waals surface area contributed by atoms with Crippen molar-refractivity contribution in [3.8, 4) is 0 Å². The van der Waals surface area contributed by atoms with Gasteiger partial charge in [-0.15, -0.1) is 0 Å². The van der Waals surface area contributed by atoms with E-state index in [1.54, 1.807) is 24.5 Å². The molecule has 1 aromatic carbocycles. The quantitative estimate of drug-likeness (QED) is 0.646. The molecule has 0 atom stereocenters. The molecular formula is C11H11FN4S. The molecule has 6 heteroatoms. The van der Waals surface area contributed by atoms with Crippen molar-refractivity contribution in [2.45, 2.75) is 10.1 Å². The Morgan fingerprint density at radius 3 is 2.88 bits per heavy atom. The van der Waals surface area contributed by atoms with Crippen LogP contribution in [0.2, 0.25) is 0 Å². The summed E-state index contributed by atoms with van der Waals surface area (Å²) in [6.07, 6.45) is 3.46. The molecule has 0 unspecified atom stereocenters. The van der Waals surface area contributed by atoms with E-state index in [1.807, 2.05) is 11.6 Å². The predicted octanol–water partition coefficient (Wildman–Crippen LogP) is 1.99. The van der Waals surface area contributed by atoms with E-state index in [9.17, 15) is 4.39 Å². The van der Waals surface area contributed by atoms with Crippen molar-refractivity contribution < 1.29 is 4.39 Å². The number of rotatable bonds is 3. The Balaban J connectivity index is 2.43. The largest absolute Gasteiger partial charge is 0.384 e. The SMILES string of the molecule is Cn1ccnc1Sc1cccc(F)c1C(=N)N. The molecule has 3 N–H and O–H groups in total. The summed E-state index contributed by atoms with van der Waals surface area (Å²) in [4.78, 5) is 4.72. The smallest absolute Gasteiger partial charge is 0.172 e. The summed E-state index contributed by atoms with van der Waals surface area (Å²) in [6, 6.07) is 4.60. The van der Waals surface area contributed by atoms with Gasteiger partial charge >= 0.3 is 0 Å². The average Bonchev–Trinajstić information content (AvgIpc) is 2.64. The number of nitrogens with zero attached hydrogens (tertiary/aromatic N) is 2. The highest BCUT2D eigenvalue weighted by Crippen LogP contribution is 2.29. The molecule has 0 saturated heterocycles. The fourth-order valence-electron chi connectivity index (χ4n) is 1.40. The first-order chi connectivity index (χ1) is 8.09. The van der Waals surface area contributed by atoms with Crippen LogP contribution >= 0.6 is 11.8 Å². The number of nitrogen functional groups attached to an aromatic ring is 1. The number of hydrogen-bond acceptors (Lipinski definition) is 3. The van der Waals surface area contributed by atoms with Crippen LogP contribution in [-0.2, 0) is 7.05 Å². The van der Waals surface area contributed by atoms with Crippen LogP contribution in [0.4, 0.5) is 4.39 Å². The third-order valence-electron chi connectivity index (χ3n) is 2.22. The van der Waals surface area contributed by atoms with Crippen LogP contribution in [0.3, 0.4) is 0 Å². The number of benzene rings is 1. The minimum Gasteiger partial charge on any atom is -0.384 e. The van der Waals surface area contributed by atoms with Crippen molar-refractivity contribution >= 4 is 17.6 Å². The monoisotopic (exact) mass is 250 g/mol. The van der Waals surface area contributed by atoms with E-state index in [-0.39, 0.29) is 11.4 Å². The summed E-state index contributed by atoms with van der Waals surface area (Å²) in [6.45, 7) is 0. The summed E-state index contributed by atoms with van der Waals surface area (Å²) in [7, 11) is 1.85. The Labute approximate surface area is 102 Å². The second kappa shape index (κ2) is 4.58. The van der Waals surface area contributed by atoms with Crippen LogP contribution in [0.1, 0.15) is 5.56 Å². The molecule has 0 saturated carbocycles.